The molecule has 5 atom stereocenters. The normalized spacial score (nSPS) is 36.0. The molecule has 0 radical (unpaired) electrons. The average molecular weight is 296 g/mol. The standard InChI is InChI=1S/C14H16O7/c1-6(2)14(17)18-5-10(16)21-12-8-3-7-4-9(15)20-13(12)11(7)19-8/h7-8,11-13H,1,3-5H2,2H3. The van der Waals surface area contributed by atoms with Gasteiger partial charge in [0, 0.05) is 11.5 Å². The van der Waals surface area contributed by atoms with E-state index < -0.39 is 30.8 Å². The summed E-state index contributed by atoms with van der Waals surface area (Å²) in [5.74, 6) is -1.48. The quantitative estimate of drug-likeness (QED) is 0.413. The third-order valence-electron chi connectivity index (χ3n) is 3.98. The monoisotopic (exact) mass is 296 g/mol. The van der Waals surface area contributed by atoms with Crippen molar-refractivity contribution >= 4 is 17.9 Å². The topological polar surface area (TPSA) is 88.1 Å². The highest BCUT2D eigenvalue weighted by atomic mass is 16.7. The van der Waals surface area contributed by atoms with Gasteiger partial charge in [-0.2, -0.15) is 0 Å². The van der Waals surface area contributed by atoms with Gasteiger partial charge in [-0.05, 0) is 13.3 Å². The first-order valence-electron chi connectivity index (χ1n) is 6.82. The number of ether oxygens (including phenoxy) is 4. The molecule has 0 saturated carbocycles. The van der Waals surface area contributed by atoms with Crippen molar-refractivity contribution in [1.82, 2.24) is 0 Å². The Bertz CT molecular complexity index is 511. The van der Waals surface area contributed by atoms with Crippen molar-refractivity contribution in [2.24, 2.45) is 5.92 Å². The molecule has 2 bridgehead atoms. The van der Waals surface area contributed by atoms with Gasteiger partial charge in [-0.3, -0.25) is 4.79 Å². The first-order chi connectivity index (χ1) is 9.95. The van der Waals surface area contributed by atoms with Crippen molar-refractivity contribution in [2.45, 2.75) is 44.2 Å². The van der Waals surface area contributed by atoms with Crippen LogP contribution in [0.5, 0.6) is 0 Å². The van der Waals surface area contributed by atoms with Crippen molar-refractivity contribution in [2.75, 3.05) is 6.61 Å². The van der Waals surface area contributed by atoms with Crippen molar-refractivity contribution < 1.29 is 33.3 Å². The number of carbonyl (C=O) groups is 3. The number of hydrogen-bond acceptors (Lipinski definition) is 7. The summed E-state index contributed by atoms with van der Waals surface area (Å²) in [6.45, 7) is 4.40. The van der Waals surface area contributed by atoms with E-state index in [4.69, 9.17) is 18.9 Å². The van der Waals surface area contributed by atoms with Crippen molar-refractivity contribution in [3.63, 3.8) is 0 Å². The Hall–Kier alpha value is -1.89. The van der Waals surface area contributed by atoms with Crippen LogP contribution >= 0.6 is 0 Å². The maximum absolute atomic E-state index is 11.7. The van der Waals surface area contributed by atoms with Gasteiger partial charge in [0.25, 0.3) is 0 Å². The predicted molar refractivity (Wildman–Crippen MR) is 66.9 cm³/mol. The van der Waals surface area contributed by atoms with Crippen LogP contribution in [0.4, 0.5) is 0 Å². The second-order valence-electron chi connectivity index (χ2n) is 5.60. The molecule has 5 unspecified atom stereocenters. The van der Waals surface area contributed by atoms with Crippen LogP contribution < -0.4 is 0 Å². The van der Waals surface area contributed by atoms with E-state index in [0.717, 1.165) is 0 Å². The summed E-state index contributed by atoms with van der Waals surface area (Å²) in [4.78, 5) is 34.4. The molecule has 3 aliphatic heterocycles. The van der Waals surface area contributed by atoms with Crippen LogP contribution in [-0.2, 0) is 33.3 Å². The van der Waals surface area contributed by atoms with Gasteiger partial charge in [0.05, 0.1) is 12.5 Å². The van der Waals surface area contributed by atoms with E-state index >= 15 is 0 Å². The molecule has 0 aromatic rings. The molecule has 114 valence electrons. The zero-order valence-electron chi connectivity index (χ0n) is 11.6. The van der Waals surface area contributed by atoms with Crippen molar-refractivity contribution in [3.8, 4) is 0 Å². The molecule has 3 saturated heterocycles. The fourth-order valence-corrected chi connectivity index (χ4v) is 3.08. The van der Waals surface area contributed by atoms with Gasteiger partial charge in [0.15, 0.2) is 18.8 Å². The maximum Gasteiger partial charge on any atom is 0.344 e. The molecule has 0 aromatic carbocycles. The smallest absolute Gasteiger partial charge is 0.344 e. The Balaban J connectivity index is 1.56. The van der Waals surface area contributed by atoms with Crippen LogP contribution in [0.1, 0.15) is 19.8 Å². The van der Waals surface area contributed by atoms with E-state index in [1.54, 1.807) is 0 Å². The zero-order chi connectivity index (χ0) is 15.1. The van der Waals surface area contributed by atoms with Crippen LogP contribution in [0.25, 0.3) is 0 Å². The average Bonchev–Trinajstić information content (AvgIpc) is 2.96. The van der Waals surface area contributed by atoms with Crippen LogP contribution in [-0.4, -0.2) is 48.9 Å². The highest BCUT2D eigenvalue weighted by Gasteiger charge is 2.60. The van der Waals surface area contributed by atoms with Gasteiger partial charge < -0.3 is 18.9 Å². The minimum Gasteiger partial charge on any atom is -0.455 e. The first-order valence-corrected chi connectivity index (χ1v) is 6.82. The van der Waals surface area contributed by atoms with Gasteiger partial charge in [0.2, 0.25) is 0 Å². The van der Waals surface area contributed by atoms with Gasteiger partial charge in [0.1, 0.15) is 6.10 Å². The minimum atomic E-state index is -0.691. The summed E-state index contributed by atoms with van der Waals surface area (Å²) < 4.78 is 20.9. The maximum atomic E-state index is 11.7. The summed E-state index contributed by atoms with van der Waals surface area (Å²) in [5.41, 5.74) is 0.204. The Morgan fingerprint density at radius 3 is 2.86 bits per heavy atom. The molecule has 3 heterocycles. The third kappa shape index (κ3) is 2.53. The van der Waals surface area contributed by atoms with E-state index in [1.165, 1.54) is 6.92 Å². The van der Waals surface area contributed by atoms with Crippen LogP contribution in [0.3, 0.4) is 0 Å². The molecule has 3 fully saturated rings. The number of rotatable bonds is 4. The first kappa shape index (κ1) is 14.1. The van der Waals surface area contributed by atoms with Gasteiger partial charge in [-0.15, -0.1) is 0 Å². The van der Waals surface area contributed by atoms with E-state index in [1.807, 2.05) is 0 Å². The largest absolute Gasteiger partial charge is 0.455 e. The lowest BCUT2D eigenvalue weighted by atomic mass is 9.81. The number of esters is 3. The van der Waals surface area contributed by atoms with Gasteiger partial charge in [-0.1, -0.05) is 6.58 Å². The Labute approximate surface area is 121 Å². The van der Waals surface area contributed by atoms with E-state index in [0.29, 0.717) is 12.8 Å². The molecular formula is C14H16O7. The molecule has 0 N–H and O–H groups in total. The molecule has 0 aromatic heterocycles. The van der Waals surface area contributed by atoms with Crippen molar-refractivity contribution in [3.05, 3.63) is 12.2 Å². The SMILES string of the molecule is C=C(C)C(=O)OCC(=O)OC1C2CC3CC(=O)OC1C3O2. The van der Waals surface area contributed by atoms with Crippen LogP contribution in [0.15, 0.2) is 12.2 Å². The van der Waals surface area contributed by atoms with Gasteiger partial charge in [-0.25, -0.2) is 9.59 Å². The lowest BCUT2D eigenvalue weighted by Gasteiger charge is -2.35. The fraction of sp³-hybridized carbons (Fsp3) is 0.643. The molecule has 3 aliphatic rings. The fourth-order valence-electron chi connectivity index (χ4n) is 3.08. The van der Waals surface area contributed by atoms with Crippen LogP contribution in [0.2, 0.25) is 0 Å². The molecule has 0 amide bonds. The summed E-state index contributed by atoms with van der Waals surface area (Å²) in [6.07, 6.45) is -0.571. The molecular weight excluding hydrogens is 280 g/mol. The molecule has 0 spiro atoms. The second-order valence-corrected chi connectivity index (χ2v) is 5.60. The van der Waals surface area contributed by atoms with Gasteiger partial charge >= 0.3 is 17.9 Å². The lowest BCUT2D eigenvalue weighted by Crippen LogP contribution is -2.50. The molecule has 0 aliphatic carbocycles. The van der Waals surface area contributed by atoms with E-state index in [-0.39, 0.29) is 29.7 Å². The number of fused-ring (bicyclic) bond motifs is 1. The predicted octanol–water partition coefficient (Wildman–Crippen LogP) is 0.120. The third-order valence-corrected chi connectivity index (χ3v) is 3.98. The Kier molecular flexibility index (Phi) is 3.44. The minimum absolute atomic E-state index is 0.150. The summed E-state index contributed by atoms with van der Waals surface area (Å²) in [5, 5.41) is 0. The zero-order valence-corrected chi connectivity index (χ0v) is 11.6. The molecule has 21 heavy (non-hydrogen) atoms. The molecule has 3 rings (SSSR count). The highest BCUT2D eigenvalue weighted by Crippen LogP contribution is 2.46. The van der Waals surface area contributed by atoms with E-state index in [2.05, 4.69) is 6.58 Å². The van der Waals surface area contributed by atoms with E-state index in [9.17, 15) is 14.4 Å². The van der Waals surface area contributed by atoms with Crippen molar-refractivity contribution in [1.29, 1.82) is 0 Å². The Morgan fingerprint density at radius 1 is 1.38 bits per heavy atom. The summed E-state index contributed by atoms with van der Waals surface area (Å²) >= 11 is 0. The Morgan fingerprint density at radius 2 is 2.14 bits per heavy atom. The second kappa shape index (κ2) is 5.14. The molecule has 7 heteroatoms. The lowest BCUT2D eigenvalue weighted by molar-refractivity contribution is -0.180. The number of carbonyl (C=O) groups excluding carboxylic acids is 3. The summed E-state index contributed by atoms with van der Waals surface area (Å²) in [6, 6.07) is 0. The summed E-state index contributed by atoms with van der Waals surface area (Å²) in [7, 11) is 0. The highest BCUT2D eigenvalue weighted by molar-refractivity contribution is 5.88. The number of hydrogen-bond donors (Lipinski definition) is 0. The molecule has 7 nitrogen and oxygen atoms in total. The van der Waals surface area contributed by atoms with Crippen LogP contribution in [0, 0.1) is 5.92 Å².